The maximum Gasteiger partial charge on any atom is 0.422 e. The Bertz CT molecular complexity index is 721. The monoisotopic (exact) mass is 358 g/mol. The Balaban J connectivity index is 2.13. The van der Waals surface area contributed by atoms with Gasteiger partial charge in [0.2, 0.25) is 0 Å². The first-order valence-corrected chi connectivity index (χ1v) is 7.94. The van der Waals surface area contributed by atoms with Crippen LogP contribution in [0.3, 0.4) is 0 Å². The Kier molecular flexibility index (Phi) is 5.17. The van der Waals surface area contributed by atoms with E-state index in [-0.39, 0.29) is 16.9 Å². The minimum atomic E-state index is -4.45. The molecule has 24 heavy (non-hydrogen) atoms. The van der Waals surface area contributed by atoms with Crippen molar-refractivity contribution in [2.24, 2.45) is 0 Å². The molecule has 4 nitrogen and oxygen atoms in total. The molecule has 0 radical (unpaired) electrons. The van der Waals surface area contributed by atoms with Crippen LogP contribution in [0.4, 0.5) is 18.9 Å². The molecular formula is C16H17F3N2O2S. The van der Waals surface area contributed by atoms with Gasteiger partial charge in [0.05, 0.1) is 16.9 Å². The number of thiazole rings is 1. The van der Waals surface area contributed by atoms with Gasteiger partial charge >= 0.3 is 6.18 Å². The van der Waals surface area contributed by atoms with Crippen LogP contribution in [0.25, 0.3) is 0 Å². The summed E-state index contributed by atoms with van der Waals surface area (Å²) in [7, 11) is 0. The molecule has 1 aromatic heterocycles. The second-order valence-corrected chi connectivity index (χ2v) is 7.16. The average molecular weight is 358 g/mol. The molecule has 0 unspecified atom stereocenters. The van der Waals surface area contributed by atoms with Gasteiger partial charge in [-0.2, -0.15) is 13.2 Å². The first-order valence-electron chi connectivity index (χ1n) is 7.12. The Labute approximate surface area is 141 Å². The molecule has 1 N–H and O–H groups in total. The second-order valence-electron chi connectivity index (χ2n) is 6.13. The number of para-hydroxylation sites is 2. The molecule has 2 rings (SSSR count). The van der Waals surface area contributed by atoms with Crippen molar-refractivity contribution in [1.29, 1.82) is 0 Å². The molecule has 0 aliphatic rings. The fourth-order valence-corrected chi connectivity index (χ4v) is 2.63. The topological polar surface area (TPSA) is 51.2 Å². The van der Waals surface area contributed by atoms with E-state index in [0.29, 0.717) is 4.88 Å². The quantitative estimate of drug-likeness (QED) is 0.867. The summed E-state index contributed by atoms with van der Waals surface area (Å²) in [6.07, 6.45) is -2.99. The number of hydrogen-bond acceptors (Lipinski definition) is 4. The van der Waals surface area contributed by atoms with Crippen molar-refractivity contribution < 1.29 is 22.7 Å². The van der Waals surface area contributed by atoms with Crippen molar-refractivity contribution in [2.45, 2.75) is 32.4 Å². The van der Waals surface area contributed by atoms with Crippen molar-refractivity contribution >= 4 is 22.9 Å². The highest BCUT2D eigenvalue weighted by atomic mass is 32.1. The van der Waals surface area contributed by atoms with E-state index in [1.807, 2.05) is 20.8 Å². The molecule has 1 aromatic carbocycles. The van der Waals surface area contributed by atoms with Gasteiger partial charge in [-0.1, -0.05) is 32.9 Å². The lowest BCUT2D eigenvalue weighted by atomic mass is 9.98. The Morgan fingerprint density at radius 3 is 2.50 bits per heavy atom. The van der Waals surface area contributed by atoms with Gasteiger partial charge in [-0.05, 0) is 12.1 Å². The zero-order valence-corrected chi connectivity index (χ0v) is 14.2. The van der Waals surface area contributed by atoms with Gasteiger partial charge in [0.15, 0.2) is 6.61 Å². The van der Waals surface area contributed by atoms with Gasteiger partial charge in [0, 0.05) is 5.41 Å². The number of carbonyl (C=O) groups excluding carboxylic acids is 1. The molecule has 0 saturated carbocycles. The van der Waals surface area contributed by atoms with Crippen LogP contribution < -0.4 is 10.1 Å². The first-order chi connectivity index (χ1) is 11.1. The highest BCUT2D eigenvalue weighted by Gasteiger charge is 2.29. The molecule has 0 saturated heterocycles. The van der Waals surface area contributed by atoms with Crippen LogP contribution in [0.2, 0.25) is 0 Å². The zero-order valence-electron chi connectivity index (χ0n) is 13.4. The summed E-state index contributed by atoms with van der Waals surface area (Å²) in [5, 5.41) is 3.37. The van der Waals surface area contributed by atoms with Crippen LogP contribution >= 0.6 is 11.3 Å². The number of nitrogens with one attached hydrogen (secondary N) is 1. The fraction of sp³-hybridized carbons (Fsp3) is 0.375. The molecule has 0 aliphatic carbocycles. The molecule has 8 heteroatoms. The number of anilines is 1. The van der Waals surface area contributed by atoms with Gasteiger partial charge in [0.1, 0.15) is 10.6 Å². The van der Waals surface area contributed by atoms with E-state index in [2.05, 4.69) is 10.3 Å². The number of benzene rings is 1. The number of ether oxygens (including phenoxy) is 1. The third-order valence-electron chi connectivity index (χ3n) is 2.90. The third-order valence-corrected chi connectivity index (χ3v) is 4.32. The molecule has 1 heterocycles. The van der Waals surface area contributed by atoms with E-state index in [0.717, 1.165) is 5.01 Å². The number of nitrogens with zero attached hydrogens (tertiary/aromatic N) is 1. The number of halogens is 3. The predicted molar refractivity (Wildman–Crippen MR) is 86.8 cm³/mol. The Morgan fingerprint density at radius 1 is 1.25 bits per heavy atom. The lowest BCUT2D eigenvalue weighted by Gasteiger charge is -2.14. The largest absolute Gasteiger partial charge is 0.482 e. The smallest absolute Gasteiger partial charge is 0.422 e. The van der Waals surface area contributed by atoms with Crippen LogP contribution in [0.15, 0.2) is 30.5 Å². The molecule has 2 aromatic rings. The molecule has 0 fully saturated rings. The minimum Gasteiger partial charge on any atom is -0.482 e. The van der Waals surface area contributed by atoms with Gasteiger partial charge in [-0.15, -0.1) is 11.3 Å². The SMILES string of the molecule is CC(C)(C)c1ncc(C(=O)Nc2ccccc2OCC(F)(F)F)s1. The van der Waals surface area contributed by atoms with Gasteiger partial charge in [0.25, 0.3) is 5.91 Å². The number of rotatable bonds is 4. The van der Waals surface area contributed by atoms with E-state index >= 15 is 0 Å². The minimum absolute atomic E-state index is 0.0382. The van der Waals surface area contributed by atoms with E-state index in [9.17, 15) is 18.0 Å². The van der Waals surface area contributed by atoms with Crippen molar-refractivity contribution in [3.8, 4) is 5.75 Å². The van der Waals surface area contributed by atoms with Crippen molar-refractivity contribution in [1.82, 2.24) is 4.98 Å². The Morgan fingerprint density at radius 2 is 1.92 bits per heavy atom. The molecule has 130 valence electrons. The standard InChI is InChI=1S/C16H17F3N2O2S/c1-15(2,3)14-20-8-12(24-14)13(22)21-10-6-4-5-7-11(10)23-9-16(17,18)19/h4-8H,9H2,1-3H3,(H,21,22). The molecule has 0 spiro atoms. The van der Waals surface area contributed by atoms with Gasteiger partial charge in [-0.3, -0.25) is 4.79 Å². The van der Waals surface area contributed by atoms with E-state index in [1.165, 1.54) is 35.7 Å². The predicted octanol–water partition coefficient (Wildman–Crippen LogP) is 4.63. The van der Waals surface area contributed by atoms with Crippen molar-refractivity contribution in [3.05, 3.63) is 40.3 Å². The lowest BCUT2D eigenvalue weighted by molar-refractivity contribution is -0.153. The highest BCUT2D eigenvalue weighted by molar-refractivity contribution is 7.13. The maximum absolute atomic E-state index is 12.3. The summed E-state index contributed by atoms with van der Waals surface area (Å²) in [5.74, 6) is -0.477. The van der Waals surface area contributed by atoms with E-state index in [1.54, 1.807) is 6.07 Å². The fourth-order valence-electron chi connectivity index (χ4n) is 1.77. The van der Waals surface area contributed by atoms with Crippen LogP contribution in [-0.2, 0) is 5.41 Å². The second kappa shape index (κ2) is 6.80. The lowest BCUT2D eigenvalue weighted by Crippen LogP contribution is -2.20. The number of aromatic nitrogens is 1. The summed E-state index contributed by atoms with van der Waals surface area (Å²) in [5.41, 5.74) is -0.00541. The average Bonchev–Trinajstić information content (AvgIpc) is 2.95. The number of carbonyl (C=O) groups is 1. The van der Waals surface area contributed by atoms with E-state index < -0.39 is 18.7 Å². The van der Waals surface area contributed by atoms with Crippen LogP contribution in [-0.4, -0.2) is 23.7 Å². The highest BCUT2D eigenvalue weighted by Crippen LogP contribution is 2.29. The number of amides is 1. The zero-order chi connectivity index (χ0) is 18.0. The summed E-state index contributed by atoms with van der Waals surface area (Å²) < 4.78 is 41.6. The molecule has 0 bridgehead atoms. The summed E-state index contributed by atoms with van der Waals surface area (Å²) in [4.78, 5) is 16.9. The summed E-state index contributed by atoms with van der Waals surface area (Å²) in [6.45, 7) is 4.52. The Hall–Kier alpha value is -2.09. The number of alkyl halides is 3. The normalized spacial score (nSPS) is 12.1. The number of hydrogen-bond donors (Lipinski definition) is 1. The van der Waals surface area contributed by atoms with Crippen LogP contribution in [0.5, 0.6) is 5.75 Å². The van der Waals surface area contributed by atoms with Gasteiger partial charge in [-0.25, -0.2) is 4.98 Å². The molecule has 0 atom stereocenters. The van der Waals surface area contributed by atoms with Gasteiger partial charge < -0.3 is 10.1 Å². The molecular weight excluding hydrogens is 341 g/mol. The van der Waals surface area contributed by atoms with Crippen LogP contribution in [0, 0.1) is 0 Å². The maximum atomic E-state index is 12.3. The third kappa shape index (κ3) is 4.95. The van der Waals surface area contributed by atoms with Crippen LogP contribution in [0.1, 0.15) is 35.5 Å². The van der Waals surface area contributed by atoms with Crippen molar-refractivity contribution in [2.75, 3.05) is 11.9 Å². The molecule has 0 aliphatic heterocycles. The summed E-state index contributed by atoms with van der Waals surface area (Å²) in [6, 6.07) is 5.99. The molecule has 1 amide bonds. The first kappa shape index (κ1) is 18.3. The van der Waals surface area contributed by atoms with Crippen molar-refractivity contribution in [3.63, 3.8) is 0 Å². The summed E-state index contributed by atoms with van der Waals surface area (Å²) >= 11 is 1.25. The van der Waals surface area contributed by atoms with E-state index in [4.69, 9.17) is 4.74 Å².